The quantitative estimate of drug-likeness (QED) is 0.593. The second-order valence-electron chi connectivity index (χ2n) is 4.98. The number of hydrogen-bond donors (Lipinski definition) is 0. The van der Waals surface area contributed by atoms with Crippen LogP contribution < -0.4 is 4.74 Å². The Balaban J connectivity index is 1.74. The average Bonchev–Trinajstić information content (AvgIpc) is 3.24. The highest BCUT2D eigenvalue weighted by Gasteiger charge is 2.25. The summed E-state index contributed by atoms with van der Waals surface area (Å²) in [5.74, 6) is -0.0363. The Morgan fingerprint density at radius 2 is 2.16 bits per heavy atom. The molecule has 0 amide bonds. The Kier molecular flexibility index (Phi) is 4.94. The van der Waals surface area contributed by atoms with E-state index >= 15 is 0 Å². The molecule has 0 bridgehead atoms. The Morgan fingerprint density at radius 3 is 2.92 bits per heavy atom. The molecule has 7 nitrogen and oxygen atoms in total. The van der Waals surface area contributed by atoms with Crippen molar-refractivity contribution in [3.8, 4) is 5.75 Å². The minimum Gasteiger partial charge on any atom is -0.482 e. The van der Waals surface area contributed by atoms with Crippen molar-refractivity contribution in [2.45, 2.75) is 6.92 Å². The summed E-state index contributed by atoms with van der Waals surface area (Å²) >= 11 is 0. The number of rotatable bonds is 6. The molecule has 0 saturated carbocycles. The Labute approximate surface area is 143 Å². The molecule has 0 aliphatic carbocycles. The molecule has 1 aliphatic rings. The van der Waals surface area contributed by atoms with E-state index in [2.05, 4.69) is 4.99 Å². The van der Waals surface area contributed by atoms with E-state index < -0.39 is 11.9 Å². The van der Waals surface area contributed by atoms with Gasteiger partial charge >= 0.3 is 11.9 Å². The minimum absolute atomic E-state index is 0.121. The molecule has 7 heteroatoms. The maximum Gasteiger partial charge on any atom is 0.363 e. The Morgan fingerprint density at radius 1 is 1.28 bits per heavy atom. The van der Waals surface area contributed by atoms with Crippen molar-refractivity contribution in [3.63, 3.8) is 0 Å². The normalized spacial score (nSPS) is 15.0. The molecule has 0 atom stereocenters. The van der Waals surface area contributed by atoms with Crippen LogP contribution in [0.5, 0.6) is 5.75 Å². The minimum atomic E-state index is -0.566. The van der Waals surface area contributed by atoms with Crippen LogP contribution in [0.3, 0.4) is 0 Å². The van der Waals surface area contributed by atoms with Crippen molar-refractivity contribution in [3.05, 3.63) is 59.7 Å². The van der Waals surface area contributed by atoms with Gasteiger partial charge in [0.2, 0.25) is 0 Å². The molecular formula is C18H15NO6. The van der Waals surface area contributed by atoms with E-state index in [0.29, 0.717) is 23.7 Å². The van der Waals surface area contributed by atoms with Crippen molar-refractivity contribution in [2.24, 2.45) is 4.99 Å². The van der Waals surface area contributed by atoms with Gasteiger partial charge in [-0.05, 0) is 42.8 Å². The summed E-state index contributed by atoms with van der Waals surface area (Å²) in [5.41, 5.74) is 0.826. The highest BCUT2D eigenvalue weighted by atomic mass is 16.6. The van der Waals surface area contributed by atoms with Gasteiger partial charge in [0.1, 0.15) is 5.75 Å². The first-order valence-corrected chi connectivity index (χ1v) is 7.60. The maximum absolute atomic E-state index is 11.9. The highest BCUT2D eigenvalue weighted by molar-refractivity contribution is 6.11. The van der Waals surface area contributed by atoms with Gasteiger partial charge in [0.05, 0.1) is 12.9 Å². The van der Waals surface area contributed by atoms with E-state index in [4.69, 9.17) is 18.6 Å². The number of carbonyl (C=O) groups excluding carboxylic acids is 2. The number of carbonyl (C=O) groups is 2. The maximum atomic E-state index is 11.9. The lowest BCUT2D eigenvalue weighted by atomic mass is 10.2. The number of nitrogens with zero attached hydrogens (tertiary/aromatic N) is 1. The second kappa shape index (κ2) is 7.48. The predicted octanol–water partition coefficient (Wildman–Crippen LogP) is 2.57. The Bertz CT molecular complexity index is 835. The van der Waals surface area contributed by atoms with Gasteiger partial charge in [0, 0.05) is 0 Å². The van der Waals surface area contributed by atoms with Gasteiger partial charge in [-0.25, -0.2) is 14.6 Å². The second-order valence-corrected chi connectivity index (χ2v) is 4.98. The molecule has 25 heavy (non-hydrogen) atoms. The molecule has 0 spiro atoms. The van der Waals surface area contributed by atoms with Crippen molar-refractivity contribution in [1.82, 2.24) is 0 Å². The summed E-state index contributed by atoms with van der Waals surface area (Å²) in [5, 5.41) is 0. The number of esters is 2. The topological polar surface area (TPSA) is 87.3 Å². The molecule has 0 radical (unpaired) electrons. The zero-order valence-corrected chi connectivity index (χ0v) is 13.4. The van der Waals surface area contributed by atoms with Crippen LogP contribution in [0.4, 0.5) is 0 Å². The van der Waals surface area contributed by atoms with E-state index in [0.717, 1.165) is 0 Å². The first-order valence-electron chi connectivity index (χ1n) is 7.60. The summed E-state index contributed by atoms with van der Waals surface area (Å²) in [7, 11) is 0. The van der Waals surface area contributed by atoms with Gasteiger partial charge in [-0.2, -0.15) is 0 Å². The molecule has 1 aromatic heterocycles. The summed E-state index contributed by atoms with van der Waals surface area (Å²) in [4.78, 5) is 27.4. The first kappa shape index (κ1) is 16.5. The third-order valence-electron chi connectivity index (χ3n) is 3.18. The van der Waals surface area contributed by atoms with Gasteiger partial charge in [-0.3, -0.25) is 0 Å². The number of benzene rings is 1. The lowest BCUT2D eigenvalue weighted by molar-refractivity contribution is -0.145. The van der Waals surface area contributed by atoms with Gasteiger partial charge in [-0.15, -0.1) is 0 Å². The smallest absolute Gasteiger partial charge is 0.363 e. The number of aliphatic imine (C=N–C) groups is 1. The van der Waals surface area contributed by atoms with Gasteiger partial charge in [0.25, 0.3) is 5.90 Å². The van der Waals surface area contributed by atoms with Crippen LogP contribution in [0.1, 0.15) is 18.2 Å². The fourth-order valence-electron chi connectivity index (χ4n) is 2.11. The average molecular weight is 341 g/mol. The fourth-order valence-corrected chi connectivity index (χ4v) is 2.11. The number of cyclic esters (lactones) is 1. The molecule has 0 saturated heterocycles. The zero-order valence-electron chi connectivity index (χ0n) is 13.4. The highest BCUT2D eigenvalue weighted by Crippen LogP contribution is 2.21. The summed E-state index contributed by atoms with van der Waals surface area (Å²) < 4.78 is 20.4. The molecule has 3 rings (SSSR count). The molecule has 2 aromatic rings. The molecule has 1 aliphatic heterocycles. The molecule has 0 N–H and O–H groups in total. The molecule has 128 valence electrons. The third kappa shape index (κ3) is 4.14. The van der Waals surface area contributed by atoms with E-state index in [1.54, 1.807) is 49.4 Å². The Hall–Kier alpha value is -3.35. The summed E-state index contributed by atoms with van der Waals surface area (Å²) in [6.07, 6.45) is 3.03. The first-order chi connectivity index (χ1) is 12.2. The van der Waals surface area contributed by atoms with Crippen molar-refractivity contribution < 1.29 is 28.2 Å². The van der Waals surface area contributed by atoms with E-state index in [1.165, 1.54) is 6.26 Å². The molecule has 0 fully saturated rings. The summed E-state index contributed by atoms with van der Waals surface area (Å²) in [6.45, 7) is 1.84. The molecule has 2 heterocycles. The fraction of sp³-hybridized carbons (Fsp3) is 0.167. The van der Waals surface area contributed by atoms with Crippen molar-refractivity contribution in [2.75, 3.05) is 13.2 Å². The van der Waals surface area contributed by atoms with E-state index in [1.807, 2.05) is 0 Å². The lowest BCUT2D eigenvalue weighted by Gasteiger charge is -2.06. The summed E-state index contributed by atoms with van der Waals surface area (Å²) in [6, 6.07) is 10.2. The third-order valence-corrected chi connectivity index (χ3v) is 3.18. The van der Waals surface area contributed by atoms with Crippen LogP contribution in [0.15, 0.2) is 57.8 Å². The predicted molar refractivity (Wildman–Crippen MR) is 87.9 cm³/mol. The van der Waals surface area contributed by atoms with E-state index in [9.17, 15) is 9.59 Å². The molecular weight excluding hydrogens is 326 g/mol. The zero-order chi connectivity index (χ0) is 17.6. The number of hydrogen-bond acceptors (Lipinski definition) is 7. The van der Waals surface area contributed by atoms with E-state index in [-0.39, 0.29) is 18.2 Å². The van der Waals surface area contributed by atoms with Crippen molar-refractivity contribution >= 4 is 23.9 Å². The largest absolute Gasteiger partial charge is 0.482 e. The molecule has 1 aromatic carbocycles. The van der Waals surface area contributed by atoms with Crippen LogP contribution in [0.25, 0.3) is 6.08 Å². The number of furan rings is 1. The van der Waals surface area contributed by atoms with Crippen LogP contribution in [-0.4, -0.2) is 31.1 Å². The monoisotopic (exact) mass is 341 g/mol. The molecule has 0 unspecified atom stereocenters. The van der Waals surface area contributed by atoms with Gasteiger partial charge in [-0.1, -0.05) is 12.1 Å². The van der Waals surface area contributed by atoms with Crippen LogP contribution in [0, 0.1) is 0 Å². The number of ether oxygens (including phenoxy) is 3. The van der Waals surface area contributed by atoms with Gasteiger partial charge < -0.3 is 18.6 Å². The standard InChI is InChI=1S/C18H15NO6/c1-2-22-16(20)11-24-13-6-3-5-12(9-13)10-14-18(21)25-17(19-14)15-7-4-8-23-15/h3-10H,2,11H2,1H3/b14-10-. The lowest BCUT2D eigenvalue weighted by Crippen LogP contribution is -2.14. The van der Waals surface area contributed by atoms with Crippen LogP contribution >= 0.6 is 0 Å². The van der Waals surface area contributed by atoms with Crippen LogP contribution in [0.2, 0.25) is 0 Å². The SMILES string of the molecule is CCOC(=O)COc1cccc(/C=C2\N=C(c3ccco3)OC2=O)c1. The van der Waals surface area contributed by atoms with Crippen LogP contribution in [-0.2, 0) is 19.1 Å². The van der Waals surface area contributed by atoms with Gasteiger partial charge in [0.15, 0.2) is 18.1 Å². The van der Waals surface area contributed by atoms with Crippen molar-refractivity contribution in [1.29, 1.82) is 0 Å².